The SMILES string of the molecule is CC#CCCC(NCCC)C(OC)OC. The second-order valence-corrected chi connectivity index (χ2v) is 3.37. The van der Waals surface area contributed by atoms with Gasteiger partial charge in [0.05, 0.1) is 6.04 Å². The number of rotatable bonds is 8. The number of methoxy groups -OCH3 is 2. The topological polar surface area (TPSA) is 30.5 Å². The lowest BCUT2D eigenvalue weighted by molar-refractivity contribution is -0.123. The van der Waals surface area contributed by atoms with Crippen LogP contribution in [0.1, 0.15) is 33.1 Å². The van der Waals surface area contributed by atoms with Crippen LogP contribution >= 0.6 is 0 Å². The molecule has 88 valence electrons. The van der Waals surface area contributed by atoms with Crippen molar-refractivity contribution in [2.45, 2.75) is 45.4 Å². The minimum Gasteiger partial charge on any atom is -0.354 e. The predicted octanol–water partition coefficient (Wildman–Crippen LogP) is 1.78. The molecule has 0 saturated heterocycles. The summed E-state index contributed by atoms with van der Waals surface area (Å²) in [5.74, 6) is 5.95. The van der Waals surface area contributed by atoms with Gasteiger partial charge in [-0.05, 0) is 26.3 Å². The standard InChI is InChI=1S/C12H23NO2/c1-5-7-8-9-11(13-10-6-2)12(14-3)15-4/h11-13H,6,8-10H2,1-4H3. The van der Waals surface area contributed by atoms with Gasteiger partial charge in [0.1, 0.15) is 0 Å². The maximum Gasteiger partial charge on any atom is 0.172 e. The minimum absolute atomic E-state index is 0.185. The van der Waals surface area contributed by atoms with Gasteiger partial charge in [-0.2, -0.15) is 0 Å². The Bertz CT molecular complexity index is 192. The molecule has 0 aromatic heterocycles. The Morgan fingerprint density at radius 1 is 1.27 bits per heavy atom. The van der Waals surface area contributed by atoms with E-state index in [-0.39, 0.29) is 12.3 Å². The van der Waals surface area contributed by atoms with Gasteiger partial charge < -0.3 is 14.8 Å². The minimum atomic E-state index is -0.185. The van der Waals surface area contributed by atoms with Crippen LogP contribution in [0.15, 0.2) is 0 Å². The van der Waals surface area contributed by atoms with E-state index in [0.29, 0.717) is 0 Å². The Kier molecular flexibility index (Phi) is 9.60. The average Bonchev–Trinajstić information content (AvgIpc) is 2.26. The molecular weight excluding hydrogens is 190 g/mol. The summed E-state index contributed by atoms with van der Waals surface area (Å²) in [5, 5.41) is 3.41. The first-order valence-electron chi connectivity index (χ1n) is 5.48. The smallest absolute Gasteiger partial charge is 0.172 e. The highest BCUT2D eigenvalue weighted by molar-refractivity contribution is 4.95. The molecule has 1 unspecified atom stereocenters. The highest BCUT2D eigenvalue weighted by Gasteiger charge is 2.18. The predicted molar refractivity (Wildman–Crippen MR) is 62.6 cm³/mol. The summed E-state index contributed by atoms with van der Waals surface area (Å²) in [6.07, 6.45) is 2.75. The van der Waals surface area contributed by atoms with Crippen molar-refractivity contribution in [3.8, 4) is 11.8 Å². The molecule has 0 heterocycles. The molecule has 0 radical (unpaired) electrons. The normalized spacial score (nSPS) is 12.3. The molecule has 0 spiro atoms. The van der Waals surface area contributed by atoms with Gasteiger partial charge in [-0.25, -0.2) is 0 Å². The van der Waals surface area contributed by atoms with Crippen LogP contribution < -0.4 is 5.32 Å². The Hall–Kier alpha value is -0.560. The van der Waals surface area contributed by atoms with Crippen LogP contribution in [0.4, 0.5) is 0 Å². The number of nitrogens with one attached hydrogen (secondary N) is 1. The van der Waals surface area contributed by atoms with Crippen molar-refractivity contribution in [2.24, 2.45) is 0 Å². The first kappa shape index (κ1) is 14.4. The molecule has 0 aliphatic heterocycles. The van der Waals surface area contributed by atoms with Gasteiger partial charge in [-0.15, -0.1) is 11.8 Å². The monoisotopic (exact) mass is 213 g/mol. The molecule has 0 aromatic rings. The van der Waals surface area contributed by atoms with Crippen LogP contribution in [-0.4, -0.2) is 33.1 Å². The van der Waals surface area contributed by atoms with Gasteiger partial charge in [-0.1, -0.05) is 6.92 Å². The van der Waals surface area contributed by atoms with Crippen molar-refractivity contribution in [2.75, 3.05) is 20.8 Å². The fraction of sp³-hybridized carbons (Fsp3) is 0.833. The zero-order valence-corrected chi connectivity index (χ0v) is 10.3. The number of ether oxygens (including phenoxy) is 2. The average molecular weight is 213 g/mol. The van der Waals surface area contributed by atoms with E-state index in [0.717, 1.165) is 25.8 Å². The summed E-state index contributed by atoms with van der Waals surface area (Å²) >= 11 is 0. The zero-order valence-electron chi connectivity index (χ0n) is 10.3. The molecule has 0 saturated carbocycles. The molecule has 0 fully saturated rings. The molecule has 15 heavy (non-hydrogen) atoms. The van der Waals surface area contributed by atoms with Crippen LogP contribution in [0, 0.1) is 11.8 Å². The lowest BCUT2D eigenvalue weighted by Gasteiger charge is -2.25. The van der Waals surface area contributed by atoms with E-state index in [2.05, 4.69) is 24.1 Å². The van der Waals surface area contributed by atoms with E-state index in [1.165, 1.54) is 0 Å². The van der Waals surface area contributed by atoms with E-state index < -0.39 is 0 Å². The van der Waals surface area contributed by atoms with Gasteiger partial charge in [0, 0.05) is 20.6 Å². The van der Waals surface area contributed by atoms with Gasteiger partial charge in [-0.3, -0.25) is 0 Å². The number of hydrogen-bond acceptors (Lipinski definition) is 3. The summed E-state index contributed by atoms with van der Waals surface area (Å²) in [4.78, 5) is 0. The molecule has 0 rings (SSSR count). The summed E-state index contributed by atoms with van der Waals surface area (Å²) in [6, 6.07) is 0.223. The third-order valence-electron chi connectivity index (χ3n) is 2.21. The molecule has 0 aliphatic rings. The maximum atomic E-state index is 5.26. The molecule has 0 aliphatic carbocycles. The summed E-state index contributed by atoms with van der Waals surface area (Å²) in [7, 11) is 3.33. The maximum absolute atomic E-state index is 5.26. The summed E-state index contributed by atoms with van der Waals surface area (Å²) in [6.45, 7) is 4.98. The fourth-order valence-corrected chi connectivity index (χ4v) is 1.44. The van der Waals surface area contributed by atoms with Crippen LogP contribution in [0.2, 0.25) is 0 Å². The van der Waals surface area contributed by atoms with Gasteiger partial charge in [0.15, 0.2) is 6.29 Å². The van der Waals surface area contributed by atoms with Crippen molar-refractivity contribution in [1.29, 1.82) is 0 Å². The van der Waals surface area contributed by atoms with E-state index in [9.17, 15) is 0 Å². The first-order chi connectivity index (χ1) is 7.29. The first-order valence-corrected chi connectivity index (χ1v) is 5.48. The Morgan fingerprint density at radius 3 is 2.40 bits per heavy atom. The molecule has 3 heteroatoms. The van der Waals surface area contributed by atoms with Crippen LogP contribution in [0.25, 0.3) is 0 Å². The van der Waals surface area contributed by atoms with Crippen molar-refractivity contribution in [3.05, 3.63) is 0 Å². The van der Waals surface area contributed by atoms with Crippen LogP contribution in [-0.2, 0) is 9.47 Å². The van der Waals surface area contributed by atoms with Crippen LogP contribution in [0.5, 0.6) is 0 Å². The highest BCUT2D eigenvalue weighted by atomic mass is 16.7. The van der Waals surface area contributed by atoms with Crippen LogP contribution in [0.3, 0.4) is 0 Å². The Balaban J connectivity index is 4.06. The van der Waals surface area contributed by atoms with Crippen molar-refractivity contribution >= 4 is 0 Å². The van der Waals surface area contributed by atoms with E-state index >= 15 is 0 Å². The molecule has 0 bridgehead atoms. The van der Waals surface area contributed by atoms with Gasteiger partial charge in [0.25, 0.3) is 0 Å². The highest BCUT2D eigenvalue weighted by Crippen LogP contribution is 2.06. The van der Waals surface area contributed by atoms with E-state index in [1.807, 2.05) is 6.92 Å². The lowest BCUT2D eigenvalue weighted by Crippen LogP contribution is -2.42. The van der Waals surface area contributed by atoms with Gasteiger partial charge in [0.2, 0.25) is 0 Å². The Labute approximate surface area is 93.5 Å². The summed E-state index contributed by atoms with van der Waals surface area (Å²) in [5.41, 5.74) is 0. The Morgan fingerprint density at radius 2 is 1.93 bits per heavy atom. The second-order valence-electron chi connectivity index (χ2n) is 3.37. The van der Waals surface area contributed by atoms with Crippen molar-refractivity contribution in [1.82, 2.24) is 5.32 Å². The molecule has 1 N–H and O–H groups in total. The second kappa shape index (κ2) is 9.97. The molecule has 1 atom stereocenters. The fourth-order valence-electron chi connectivity index (χ4n) is 1.44. The molecular formula is C12H23NO2. The van der Waals surface area contributed by atoms with E-state index in [4.69, 9.17) is 9.47 Å². The lowest BCUT2D eigenvalue weighted by atomic mass is 10.1. The molecule has 0 aromatic carbocycles. The molecule has 0 amide bonds. The van der Waals surface area contributed by atoms with Gasteiger partial charge >= 0.3 is 0 Å². The number of hydrogen-bond donors (Lipinski definition) is 1. The van der Waals surface area contributed by atoms with Crippen molar-refractivity contribution < 1.29 is 9.47 Å². The molecule has 3 nitrogen and oxygen atoms in total. The quantitative estimate of drug-likeness (QED) is 0.492. The van der Waals surface area contributed by atoms with E-state index in [1.54, 1.807) is 14.2 Å². The third-order valence-corrected chi connectivity index (χ3v) is 2.21. The zero-order chi connectivity index (χ0) is 11.5. The van der Waals surface area contributed by atoms with Crippen molar-refractivity contribution in [3.63, 3.8) is 0 Å². The third kappa shape index (κ3) is 6.51. The summed E-state index contributed by atoms with van der Waals surface area (Å²) < 4.78 is 10.5. The largest absolute Gasteiger partial charge is 0.354 e.